The Balaban J connectivity index is 1.91. The van der Waals surface area contributed by atoms with Gasteiger partial charge in [0.05, 0.1) is 16.3 Å². The molecule has 164 valence electrons. The summed E-state index contributed by atoms with van der Waals surface area (Å²) in [6.45, 7) is 7.75. The van der Waals surface area contributed by atoms with E-state index in [9.17, 15) is 13.2 Å². The number of carbonyl (C=O) groups is 1. The molecule has 0 fully saturated rings. The molecule has 1 aromatic heterocycles. The first kappa shape index (κ1) is 22.9. The summed E-state index contributed by atoms with van der Waals surface area (Å²) < 4.78 is 27.0. The van der Waals surface area contributed by atoms with Crippen LogP contribution < -0.4 is 5.32 Å². The average Bonchev–Trinajstić information content (AvgIpc) is 3.12. The molecule has 0 aliphatic rings. The molecule has 0 spiro atoms. The molecule has 0 aliphatic carbocycles. The van der Waals surface area contributed by atoms with Gasteiger partial charge >= 0.3 is 0 Å². The molecule has 0 atom stereocenters. The van der Waals surface area contributed by atoms with E-state index in [-0.39, 0.29) is 10.6 Å². The zero-order chi connectivity index (χ0) is 22.8. The van der Waals surface area contributed by atoms with E-state index in [2.05, 4.69) is 15.5 Å². The van der Waals surface area contributed by atoms with Gasteiger partial charge in [-0.1, -0.05) is 37.6 Å². The topological polar surface area (TPSA) is 97.2 Å². The summed E-state index contributed by atoms with van der Waals surface area (Å²) in [5, 5.41) is 11.9. The summed E-state index contributed by atoms with van der Waals surface area (Å²) >= 11 is 6.02. The quantitative estimate of drug-likeness (QED) is 0.576. The predicted molar refractivity (Wildman–Crippen MR) is 120 cm³/mol. The zero-order valence-corrected chi connectivity index (χ0v) is 19.3. The van der Waals surface area contributed by atoms with Crippen LogP contribution >= 0.6 is 11.6 Å². The number of anilines is 1. The maximum atomic E-state index is 12.9. The van der Waals surface area contributed by atoms with E-state index in [1.807, 2.05) is 0 Å². The number of hydrogen-bond acceptors (Lipinski definition) is 5. The van der Waals surface area contributed by atoms with E-state index in [1.54, 1.807) is 64.1 Å². The summed E-state index contributed by atoms with van der Waals surface area (Å²) in [6, 6.07) is 11.6. The minimum atomic E-state index is -3.65. The van der Waals surface area contributed by atoms with Crippen LogP contribution in [0.3, 0.4) is 0 Å². The Hall–Kier alpha value is -2.75. The molecule has 3 aromatic rings. The molecule has 0 aliphatic heterocycles. The number of halogens is 1. The Bertz CT molecular complexity index is 1220. The highest BCUT2D eigenvalue weighted by Gasteiger charge is 2.23. The van der Waals surface area contributed by atoms with Crippen molar-refractivity contribution in [1.29, 1.82) is 0 Å². The second-order valence-corrected chi connectivity index (χ2v) is 9.30. The lowest BCUT2D eigenvalue weighted by Crippen LogP contribution is -2.30. The van der Waals surface area contributed by atoms with Gasteiger partial charge in [0.25, 0.3) is 5.91 Å². The highest BCUT2D eigenvalue weighted by Crippen LogP contribution is 2.24. The number of hydrogen-bond donors (Lipinski definition) is 1. The summed E-state index contributed by atoms with van der Waals surface area (Å²) in [5.41, 5.74) is 2.32. The van der Waals surface area contributed by atoms with E-state index in [4.69, 9.17) is 11.6 Å². The van der Waals surface area contributed by atoms with Crippen molar-refractivity contribution in [2.24, 2.45) is 0 Å². The minimum absolute atomic E-state index is 0.122. The number of amides is 1. The Morgan fingerprint density at radius 3 is 2.45 bits per heavy atom. The number of aromatic nitrogens is 3. The van der Waals surface area contributed by atoms with Crippen molar-refractivity contribution in [3.63, 3.8) is 0 Å². The largest absolute Gasteiger partial charge is 0.320 e. The van der Waals surface area contributed by atoms with E-state index < -0.39 is 15.9 Å². The molecule has 8 nitrogen and oxygen atoms in total. The monoisotopic (exact) mass is 461 g/mol. The third kappa shape index (κ3) is 4.79. The molecule has 0 radical (unpaired) electrons. The SMILES string of the molecule is CCN(CC)S(=O)(=O)c1ccc(C)c(NC(=O)c2nn(-c3cccc(Cl)c3)nc2C)c1. The molecule has 1 N–H and O–H groups in total. The van der Waals surface area contributed by atoms with Gasteiger partial charge in [-0.15, -0.1) is 5.10 Å². The molecule has 3 rings (SSSR count). The van der Waals surface area contributed by atoms with Crippen molar-refractivity contribution >= 4 is 33.2 Å². The van der Waals surface area contributed by atoms with Gasteiger partial charge in [0, 0.05) is 23.8 Å². The summed E-state index contributed by atoms with van der Waals surface area (Å²) in [6.07, 6.45) is 0. The van der Waals surface area contributed by atoms with Gasteiger partial charge in [-0.05, 0) is 49.7 Å². The van der Waals surface area contributed by atoms with E-state index >= 15 is 0 Å². The van der Waals surface area contributed by atoms with Crippen LogP contribution in [-0.2, 0) is 10.0 Å². The Kier molecular flexibility index (Phi) is 6.78. The van der Waals surface area contributed by atoms with Crippen LogP contribution in [0.25, 0.3) is 5.69 Å². The van der Waals surface area contributed by atoms with Crippen molar-refractivity contribution in [2.45, 2.75) is 32.6 Å². The minimum Gasteiger partial charge on any atom is -0.320 e. The van der Waals surface area contributed by atoms with Crippen LogP contribution in [0.15, 0.2) is 47.4 Å². The van der Waals surface area contributed by atoms with E-state index in [0.717, 1.165) is 5.56 Å². The number of rotatable bonds is 7. The second kappa shape index (κ2) is 9.17. The fourth-order valence-electron chi connectivity index (χ4n) is 3.09. The first-order valence-corrected chi connectivity index (χ1v) is 11.6. The second-order valence-electron chi connectivity index (χ2n) is 6.92. The lowest BCUT2D eigenvalue weighted by Gasteiger charge is -2.19. The lowest BCUT2D eigenvalue weighted by molar-refractivity contribution is 0.102. The lowest BCUT2D eigenvalue weighted by atomic mass is 10.2. The third-order valence-corrected chi connectivity index (χ3v) is 7.12. The summed E-state index contributed by atoms with van der Waals surface area (Å²) in [5.74, 6) is -0.480. The molecular weight excluding hydrogens is 438 g/mol. The molecule has 31 heavy (non-hydrogen) atoms. The molecule has 2 aromatic carbocycles. The summed E-state index contributed by atoms with van der Waals surface area (Å²) in [7, 11) is -3.65. The van der Waals surface area contributed by atoms with E-state index in [1.165, 1.54) is 15.2 Å². The summed E-state index contributed by atoms with van der Waals surface area (Å²) in [4.78, 5) is 14.4. The molecule has 0 bridgehead atoms. The molecule has 10 heteroatoms. The third-order valence-electron chi connectivity index (χ3n) is 4.84. The van der Waals surface area contributed by atoms with Crippen molar-refractivity contribution in [2.75, 3.05) is 18.4 Å². The highest BCUT2D eigenvalue weighted by atomic mass is 35.5. The Morgan fingerprint density at radius 1 is 1.10 bits per heavy atom. The molecule has 1 heterocycles. The maximum Gasteiger partial charge on any atom is 0.278 e. The van der Waals surface area contributed by atoms with Crippen LogP contribution in [0.4, 0.5) is 5.69 Å². The number of nitrogens with one attached hydrogen (secondary N) is 1. The number of nitrogens with zero attached hydrogens (tertiary/aromatic N) is 4. The van der Waals surface area contributed by atoms with Crippen LogP contribution in [0.1, 0.15) is 35.6 Å². The van der Waals surface area contributed by atoms with Gasteiger partial charge in [0.15, 0.2) is 5.69 Å². The predicted octanol–water partition coefficient (Wildman–Crippen LogP) is 3.82. The average molecular weight is 462 g/mol. The number of aryl methyl sites for hydroxylation is 2. The zero-order valence-electron chi connectivity index (χ0n) is 17.8. The smallest absolute Gasteiger partial charge is 0.278 e. The van der Waals surface area contributed by atoms with Crippen molar-refractivity contribution in [3.8, 4) is 5.69 Å². The molecule has 0 saturated carbocycles. The van der Waals surface area contributed by atoms with Gasteiger partial charge in [-0.25, -0.2) is 8.42 Å². The highest BCUT2D eigenvalue weighted by molar-refractivity contribution is 7.89. The van der Waals surface area contributed by atoms with Gasteiger partial charge in [-0.2, -0.15) is 14.2 Å². The Morgan fingerprint density at radius 2 is 1.81 bits per heavy atom. The fourth-order valence-corrected chi connectivity index (χ4v) is 4.76. The van der Waals surface area contributed by atoms with Crippen LogP contribution in [0.2, 0.25) is 5.02 Å². The standard InChI is InChI=1S/C21H24ClN5O3S/c1-5-26(6-2)31(29,30)18-11-10-14(3)19(13-18)23-21(28)20-15(4)24-27(25-20)17-9-7-8-16(22)12-17/h7-13H,5-6H2,1-4H3,(H,23,28). The molecule has 0 saturated heterocycles. The molecule has 1 amide bonds. The normalized spacial score (nSPS) is 11.7. The number of benzene rings is 2. The van der Waals surface area contributed by atoms with Gasteiger partial charge in [0.1, 0.15) is 0 Å². The van der Waals surface area contributed by atoms with Crippen LogP contribution in [-0.4, -0.2) is 46.7 Å². The van der Waals surface area contributed by atoms with Gasteiger partial charge in [0.2, 0.25) is 10.0 Å². The maximum absolute atomic E-state index is 12.9. The number of sulfonamides is 1. The van der Waals surface area contributed by atoms with Crippen molar-refractivity contribution in [1.82, 2.24) is 19.3 Å². The van der Waals surface area contributed by atoms with Gasteiger partial charge in [-0.3, -0.25) is 4.79 Å². The molecular formula is C21H24ClN5O3S. The fraction of sp³-hybridized carbons (Fsp3) is 0.286. The van der Waals surface area contributed by atoms with Crippen molar-refractivity contribution < 1.29 is 13.2 Å². The Labute approximate surface area is 186 Å². The van der Waals surface area contributed by atoms with Crippen molar-refractivity contribution in [3.05, 3.63) is 64.4 Å². The number of carbonyl (C=O) groups excluding carboxylic acids is 1. The van der Waals surface area contributed by atoms with Gasteiger partial charge < -0.3 is 5.32 Å². The van der Waals surface area contributed by atoms with E-state index in [0.29, 0.717) is 35.2 Å². The van der Waals surface area contributed by atoms with Crippen LogP contribution in [0, 0.1) is 13.8 Å². The first-order chi connectivity index (χ1) is 14.7. The molecule has 0 unspecified atom stereocenters. The van der Waals surface area contributed by atoms with Crippen LogP contribution in [0.5, 0.6) is 0 Å². The first-order valence-electron chi connectivity index (χ1n) is 9.79.